The van der Waals surface area contributed by atoms with Crippen LogP contribution in [0.5, 0.6) is 0 Å². The van der Waals surface area contributed by atoms with Crippen molar-refractivity contribution in [3.05, 3.63) is 48.0 Å². The topological polar surface area (TPSA) is 73.8 Å². The Morgan fingerprint density at radius 3 is 2.31 bits per heavy atom. The Balaban J connectivity index is 0.00000361. The van der Waals surface area contributed by atoms with Crippen molar-refractivity contribution < 1.29 is 13.2 Å². The van der Waals surface area contributed by atoms with E-state index in [1.165, 1.54) is 11.3 Å². The first-order valence-electron chi connectivity index (χ1n) is 11.8. The van der Waals surface area contributed by atoms with E-state index in [1.807, 2.05) is 43.5 Å². The van der Waals surface area contributed by atoms with Crippen molar-refractivity contribution in [3.8, 4) is 0 Å². The number of anilines is 1. The Labute approximate surface area is 228 Å². The molecule has 1 aromatic heterocycles. The molecule has 1 aliphatic heterocycles. The molecule has 0 saturated carbocycles. The molecule has 0 bridgehead atoms. The normalized spacial score (nSPS) is 15.0. The molecule has 11 heteroatoms. The molecule has 0 spiro atoms. The van der Waals surface area contributed by atoms with Crippen molar-refractivity contribution in [3.63, 3.8) is 0 Å². The van der Waals surface area contributed by atoms with Crippen LogP contribution in [0.4, 0.5) is 5.13 Å². The molecule has 1 saturated heterocycles. The number of aromatic nitrogens is 1. The lowest BCUT2D eigenvalue weighted by Crippen LogP contribution is -2.36. The zero-order chi connectivity index (χ0) is 25.0. The van der Waals surface area contributed by atoms with Crippen LogP contribution in [0.3, 0.4) is 0 Å². The number of thiazole rings is 1. The third kappa shape index (κ3) is 6.41. The molecule has 2 heterocycles. The summed E-state index contributed by atoms with van der Waals surface area (Å²) >= 11 is 3.13. The van der Waals surface area contributed by atoms with Crippen LogP contribution >= 0.6 is 35.5 Å². The van der Waals surface area contributed by atoms with Crippen LogP contribution in [0.25, 0.3) is 10.2 Å². The number of rotatable bonds is 8. The summed E-state index contributed by atoms with van der Waals surface area (Å²) in [6.45, 7) is 2.26. The fraction of sp³-hybridized carbons (Fsp3) is 0.440. The number of nitrogens with zero attached hydrogens (tertiary/aromatic N) is 4. The molecule has 1 aliphatic rings. The summed E-state index contributed by atoms with van der Waals surface area (Å²) in [5.74, 6) is -0.185. The van der Waals surface area contributed by atoms with Gasteiger partial charge in [-0.25, -0.2) is 13.4 Å². The smallest absolute Gasteiger partial charge is 0.260 e. The predicted octanol–water partition coefficient (Wildman–Crippen LogP) is 5.21. The van der Waals surface area contributed by atoms with Gasteiger partial charge in [0.05, 0.1) is 15.1 Å². The summed E-state index contributed by atoms with van der Waals surface area (Å²) in [5, 5.41) is 0.648. The van der Waals surface area contributed by atoms with Gasteiger partial charge >= 0.3 is 0 Å². The first kappa shape index (κ1) is 28.9. The number of fused-ring (bicyclic) bond motifs is 1. The van der Waals surface area contributed by atoms with E-state index in [0.29, 0.717) is 36.9 Å². The van der Waals surface area contributed by atoms with E-state index in [-0.39, 0.29) is 23.2 Å². The molecule has 0 radical (unpaired) electrons. The maximum atomic E-state index is 13.6. The molecular formula is C25H33ClN4O3S3. The van der Waals surface area contributed by atoms with E-state index >= 15 is 0 Å². The van der Waals surface area contributed by atoms with E-state index in [9.17, 15) is 13.2 Å². The van der Waals surface area contributed by atoms with Crippen LogP contribution in [-0.2, 0) is 10.0 Å². The number of para-hydroxylation sites is 1. The number of sulfonamides is 1. The molecule has 196 valence electrons. The number of thioether (sulfide) groups is 1. The first-order chi connectivity index (χ1) is 16.8. The number of likely N-dealkylation sites (N-methyl/N-ethyl adjacent to an activating group) is 1. The Hall–Kier alpha value is -1.69. The van der Waals surface area contributed by atoms with Gasteiger partial charge in [-0.15, -0.1) is 24.2 Å². The van der Waals surface area contributed by atoms with Gasteiger partial charge in [0.2, 0.25) is 10.0 Å². The minimum absolute atomic E-state index is 0. The molecule has 1 fully saturated rings. The number of hydrogen-bond donors (Lipinski definition) is 0. The Morgan fingerprint density at radius 2 is 1.69 bits per heavy atom. The third-order valence-corrected chi connectivity index (χ3v) is 9.87. The van der Waals surface area contributed by atoms with Crippen LogP contribution in [0.15, 0.2) is 52.3 Å². The number of carbonyl (C=O) groups is 1. The lowest BCUT2D eigenvalue weighted by Gasteiger charge is -2.22. The lowest BCUT2D eigenvalue weighted by molar-refractivity contribution is 0.0985. The Bertz CT molecular complexity index is 1270. The SMILES string of the molecule is CSc1cccc2sc(N(CCN(C)C)C(=O)c3ccc(S(=O)(=O)N4CCCCCC4)cc3)nc12.Cl. The summed E-state index contributed by atoms with van der Waals surface area (Å²) in [7, 11) is 0.378. The van der Waals surface area contributed by atoms with Gasteiger partial charge < -0.3 is 4.90 Å². The summed E-state index contributed by atoms with van der Waals surface area (Å²) < 4.78 is 28.9. The quantitative estimate of drug-likeness (QED) is 0.347. The molecule has 36 heavy (non-hydrogen) atoms. The van der Waals surface area contributed by atoms with E-state index in [4.69, 9.17) is 4.98 Å². The van der Waals surface area contributed by atoms with E-state index in [0.717, 1.165) is 40.8 Å². The van der Waals surface area contributed by atoms with Gasteiger partial charge in [0, 0.05) is 36.6 Å². The van der Waals surface area contributed by atoms with E-state index < -0.39 is 10.0 Å². The average molecular weight is 569 g/mol. The zero-order valence-electron chi connectivity index (χ0n) is 20.8. The highest BCUT2D eigenvalue weighted by atomic mass is 35.5. The average Bonchev–Trinajstić information content (AvgIpc) is 3.08. The summed E-state index contributed by atoms with van der Waals surface area (Å²) in [6.07, 6.45) is 5.91. The summed E-state index contributed by atoms with van der Waals surface area (Å²) in [4.78, 5) is 23.5. The summed E-state index contributed by atoms with van der Waals surface area (Å²) in [6, 6.07) is 12.4. The van der Waals surface area contributed by atoms with Crippen molar-refractivity contribution >= 4 is 66.8 Å². The summed E-state index contributed by atoms with van der Waals surface area (Å²) in [5.41, 5.74) is 1.35. The largest absolute Gasteiger partial charge is 0.308 e. The number of benzene rings is 2. The maximum Gasteiger partial charge on any atom is 0.260 e. The van der Waals surface area contributed by atoms with Crippen molar-refractivity contribution in [2.45, 2.75) is 35.5 Å². The predicted molar refractivity (Wildman–Crippen MR) is 153 cm³/mol. The van der Waals surface area contributed by atoms with Gasteiger partial charge in [-0.05, 0) is 69.6 Å². The second kappa shape index (κ2) is 12.7. The van der Waals surface area contributed by atoms with E-state index in [1.54, 1.807) is 45.2 Å². The number of hydrogen-bond acceptors (Lipinski definition) is 7. The highest BCUT2D eigenvalue weighted by Crippen LogP contribution is 2.34. The lowest BCUT2D eigenvalue weighted by atomic mass is 10.2. The molecule has 4 rings (SSSR count). The van der Waals surface area contributed by atoms with Crippen LogP contribution in [0.2, 0.25) is 0 Å². The Kier molecular flexibility index (Phi) is 10.2. The van der Waals surface area contributed by atoms with Crippen molar-refractivity contribution in [2.75, 3.05) is 51.4 Å². The molecule has 3 aromatic rings. The van der Waals surface area contributed by atoms with Crippen molar-refractivity contribution in [1.29, 1.82) is 0 Å². The minimum Gasteiger partial charge on any atom is -0.308 e. The second-order valence-electron chi connectivity index (χ2n) is 8.91. The van der Waals surface area contributed by atoms with Crippen molar-refractivity contribution in [2.24, 2.45) is 0 Å². The van der Waals surface area contributed by atoms with Gasteiger partial charge in [0.15, 0.2) is 5.13 Å². The second-order valence-corrected chi connectivity index (χ2v) is 12.7. The van der Waals surface area contributed by atoms with Crippen LogP contribution in [0.1, 0.15) is 36.0 Å². The van der Waals surface area contributed by atoms with Gasteiger partial charge in [0.1, 0.15) is 0 Å². The number of halogens is 1. The number of amides is 1. The minimum atomic E-state index is -3.56. The third-order valence-electron chi connectivity index (χ3n) is 6.14. The van der Waals surface area contributed by atoms with Crippen molar-refractivity contribution in [1.82, 2.24) is 14.2 Å². The van der Waals surface area contributed by atoms with Gasteiger partial charge in [-0.2, -0.15) is 4.31 Å². The van der Waals surface area contributed by atoms with Gasteiger partial charge in [0.25, 0.3) is 5.91 Å². The monoisotopic (exact) mass is 568 g/mol. The highest BCUT2D eigenvalue weighted by molar-refractivity contribution is 7.98. The fourth-order valence-corrected chi connectivity index (χ4v) is 7.29. The molecule has 0 aliphatic carbocycles. The van der Waals surface area contributed by atoms with E-state index in [2.05, 4.69) is 0 Å². The number of carbonyl (C=O) groups excluding carboxylic acids is 1. The molecule has 2 aromatic carbocycles. The van der Waals surface area contributed by atoms with Crippen LogP contribution < -0.4 is 4.90 Å². The fourth-order valence-electron chi connectivity index (χ4n) is 4.13. The molecule has 0 unspecified atom stereocenters. The molecular weight excluding hydrogens is 536 g/mol. The highest BCUT2D eigenvalue weighted by Gasteiger charge is 2.27. The molecule has 0 N–H and O–H groups in total. The van der Waals surface area contributed by atoms with Crippen LogP contribution in [0, 0.1) is 0 Å². The van der Waals surface area contributed by atoms with Gasteiger partial charge in [-0.1, -0.05) is 30.2 Å². The zero-order valence-corrected chi connectivity index (χ0v) is 24.1. The molecule has 0 atom stereocenters. The van der Waals surface area contributed by atoms with Gasteiger partial charge in [-0.3, -0.25) is 9.69 Å². The molecule has 7 nitrogen and oxygen atoms in total. The standard InChI is InChI=1S/C25H32N4O3S3.ClH/c1-27(2)17-18-29(25-26-23-21(33-3)9-8-10-22(23)34-25)24(30)19-11-13-20(14-12-19)35(31,32)28-15-6-4-5-7-16-28;/h8-14H,4-7,15-18H2,1-3H3;1H. The van der Waals surface area contributed by atoms with Crippen LogP contribution in [-0.4, -0.2) is 75.0 Å². The Morgan fingerprint density at radius 1 is 1.03 bits per heavy atom. The first-order valence-corrected chi connectivity index (χ1v) is 15.3. The molecule has 1 amide bonds. The maximum absolute atomic E-state index is 13.6.